The fourth-order valence-electron chi connectivity index (χ4n) is 2.32. The molecule has 0 saturated heterocycles. The number of hydrogen-bond acceptors (Lipinski definition) is 2. The van der Waals surface area contributed by atoms with E-state index in [1.54, 1.807) is 18.2 Å². The van der Waals surface area contributed by atoms with Crippen LogP contribution in [-0.4, -0.2) is 5.78 Å². The second kappa shape index (κ2) is 5.19. The number of halogens is 2. The van der Waals surface area contributed by atoms with Gasteiger partial charge in [0.2, 0.25) is 0 Å². The molecule has 0 atom stereocenters. The highest BCUT2D eigenvalue weighted by Gasteiger charge is 2.17. The van der Waals surface area contributed by atoms with Crippen LogP contribution < -0.4 is 5.73 Å². The summed E-state index contributed by atoms with van der Waals surface area (Å²) in [7, 11) is 0. The highest BCUT2D eigenvalue weighted by molar-refractivity contribution is 6.36. The van der Waals surface area contributed by atoms with Crippen LogP contribution >= 0.6 is 11.6 Å². The molecule has 0 aliphatic carbocycles. The molecule has 0 amide bonds. The number of nitrogen functional groups attached to an aromatic ring is 1. The Bertz CT molecular complexity index is 861. The Hall–Kier alpha value is -2.39. The van der Waals surface area contributed by atoms with Crippen LogP contribution in [0.3, 0.4) is 0 Å². The van der Waals surface area contributed by atoms with E-state index in [9.17, 15) is 9.18 Å². The quantitative estimate of drug-likeness (QED) is 0.561. The lowest BCUT2D eigenvalue weighted by Gasteiger charge is -2.08. The monoisotopic (exact) mass is 299 g/mol. The van der Waals surface area contributed by atoms with Crippen LogP contribution in [0.1, 0.15) is 15.9 Å². The predicted octanol–water partition coefficient (Wildman–Crippen LogP) is 4.45. The van der Waals surface area contributed by atoms with Crippen LogP contribution in [0.4, 0.5) is 10.1 Å². The molecule has 3 rings (SSSR count). The molecule has 0 spiro atoms. The van der Waals surface area contributed by atoms with Crippen molar-refractivity contribution in [3.63, 3.8) is 0 Å². The van der Waals surface area contributed by atoms with Gasteiger partial charge in [-0.15, -0.1) is 0 Å². The third-order valence-corrected chi connectivity index (χ3v) is 3.68. The molecular formula is C17H11ClFNO. The van der Waals surface area contributed by atoms with Gasteiger partial charge in [-0.1, -0.05) is 35.9 Å². The van der Waals surface area contributed by atoms with Crippen molar-refractivity contribution in [1.82, 2.24) is 0 Å². The number of carbonyl (C=O) groups excluding carboxylic acids is 1. The largest absolute Gasteiger partial charge is 0.399 e. The van der Waals surface area contributed by atoms with Gasteiger partial charge in [-0.2, -0.15) is 0 Å². The van der Waals surface area contributed by atoms with Crippen molar-refractivity contribution in [3.05, 3.63) is 76.6 Å². The van der Waals surface area contributed by atoms with Gasteiger partial charge in [-0.25, -0.2) is 4.39 Å². The van der Waals surface area contributed by atoms with Crippen LogP contribution in [-0.2, 0) is 0 Å². The summed E-state index contributed by atoms with van der Waals surface area (Å²) < 4.78 is 13.9. The van der Waals surface area contributed by atoms with Crippen molar-refractivity contribution in [2.24, 2.45) is 0 Å². The molecule has 0 bridgehead atoms. The van der Waals surface area contributed by atoms with Gasteiger partial charge in [0.25, 0.3) is 0 Å². The number of hydrogen-bond donors (Lipinski definition) is 1. The van der Waals surface area contributed by atoms with E-state index in [1.165, 1.54) is 12.1 Å². The van der Waals surface area contributed by atoms with Gasteiger partial charge in [0, 0.05) is 21.7 Å². The molecule has 3 aromatic carbocycles. The number of benzene rings is 3. The molecule has 2 nitrogen and oxygen atoms in total. The molecule has 4 heteroatoms. The first-order valence-electron chi connectivity index (χ1n) is 6.35. The van der Waals surface area contributed by atoms with Gasteiger partial charge in [0.1, 0.15) is 5.82 Å². The second-order valence-corrected chi connectivity index (χ2v) is 5.12. The minimum Gasteiger partial charge on any atom is -0.399 e. The van der Waals surface area contributed by atoms with Gasteiger partial charge in [0.15, 0.2) is 5.78 Å². The van der Waals surface area contributed by atoms with E-state index in [0.717, 1.165) is 11.5 Å². The molecule has 0 unspecified atom stereocenters. The molecule has 0 aliphatic rings. The Balaban J connectivity index is 2.21. The summed E-state index contributed by atoms with van der Waals surface area (Å²) in [5, 5.41) is 2.02. The summed E-state index contributed by atoms with van der Waals surface area (Å²) in [5.74, 6) is -1.01. The Kier molecular flexibility index (Phi) is 3.35. The molecule has 21 heavy (non-hydrogen) atoms. The Morgan fingerprint density at radius 2 is 1.62 bits per heavy atom. The molecule has 0 fully saturated rings. The molecule has 0 saturated carbocycles. The third-order valence-electron chi connectivity index (χ3n) is 3.35. The minimum absolute atomic E-state index is 0.00308. The van der Waals surface area contributed by atoms with Gasteiger partial charge >= 0.3 is 0 Å². The molecule has 0 radical (unpaired) electrons. The number of carbonyl (C=O) groups is 1. The number of anilines is 1. The standard InChI is InChI=1S/C17H11ClFNO/c18-15-8-7-13(11-3-1-2-4-12(11)15)17(21)14-6-5-10(20)9-16(14)19/h1-9H,20H2. The molecule has 0 aliphatic heterocycles. The number of fused-ring (bicyclic) bond motifs is 1. The predicted molar refractivity (Wildman–Crippen MR) is 83.2 cm³/mol. The molecule has 104 valence electrons. The van der Waals surface area contributed by atoms with Gasteiger partial charge < -0.3 is 5.73 Å². The zero-order valence-corrected chi connectivity index (χ0v) is 11.7. The van der Waals surface area contributed by atoms with Crippen LogP contribution in [0.25, 0.3) is 10.8 Å². The van der Waals surface area contributed by atoms with Crippen LogP contribution in [0.2, 0.25) is 5.02 Å². The summed E-state index contributed by atoms with van der Waals surface area (Å²) in [5.41, 5.74) is 6.20. The second-order valence-electron chi connectivity index (χ2n) is 4.71. The Morgan fingerprint density at radius 1 is 0.952 bits per heavy atom. The summed E-state index contributed by atoms with van der Waals surface area (Å²) >= 11 is 6.13. The van der Waals surface area contributed by atoms with Gasteiger partial charge in [-0.05, 0) is 35.7 Å². The van der Waals surface area contributed by atoms with E-state index in [-0.39, 0.29) is 17.0 Å². The van der Waals surface area contributed by atoms with E-state index in [1.807, 2.05) is 18.2 Å². The van der Waals surface area contributed by atoms with E-state index in [2.05, 4.69) is 0 Å². The third kappa shape index (κ3) is 2.36. The summed E-state index contributed by atoms with van der Waals surface area (Å²) in [4.78, 5) is 12.6. The van der Waals surface area contributed by atoms with Crippen molar-refractivity contribution in [2.75, 3.05) is 5.73 Å². The highest BCUT2D eigenvalue weighted by atomic mass is 35.5. The summed E-state index contributed by atoms with van der Waals surface area (Å²) in [6.45, 7) is 0. The first-order chi connectivity index (χ1) is 10.1. The van der Waals surface area contributed by atoms with E-state index in [4.69, 9.17) is 17.3 Å². The van der Waals surface area contributed by atoms with Crippen molar-refractivity contribution in [2.45, 2.75) is 0 Å². The average molecular weight is 300 g/mol. The molecule has 0 aromatic heterocycles. The molecule has 0 heterocycles. The minimum atomic E-state index is -0.626. The SMILES string of the molecule is Nc1ccc(C(=O)c2ccc(Cl)c3ccccc23)c(F)c1. The lowest BCUT2D eigenvalue weighted by molar-refractivity contribution is 0.103. The fraction of sp³-hybridized carbons (Fsp3) is 0. The molecule has 2 N–H and O–H groups in total. The van der Waals surface area contributed by atoms with E-state index in [0.29, 0.717) is 16.0 Å². The van der Waals surface area contributed by atoms with Crippen LogP contribution in [0.5, 0.6) is 0 Å². The first kappa shape index (κ1) is 13.6. The summed E-state index contributed by atoms with van der Waals surface area (Å²) in [6, 6.07) is 14.6. The van der Waals surface area contributed by atoms with Gasteiger partial charge in [0.05, 0.1) is 5.56 Å². The number of ketones is 1. The summed E-state index contributed by atoms with van der Waals surface area (Å²) in [6.07, 6.45) is 0. The van der Waals surface area contributed by atoms with Crippen molar-refractivity contribution < 1.29 is 9.18 Å². The Morgan fingerprint density at radius 3 is 2.33 bits per heavy atom. The smallest absolute Gasteiger partial charge is 0.196 e. The fourth-order valence-corrected chi connectivity index (χ4v) is 2.55. The lowest BCUT2D eigenvalue weighted by Crippen LogP contribution is -2.05. The Labute approximate surface area is 126 Å². The van der Waals surface area contributed by atoms with Crippen molar-refractivity contribution in [1.29, 1.82) is 0 Å². The topological polar surface area (TPSA) is 43.1 Å². The van der Waals surface area contributed by atoms with Crippen LogP contribution in [0, 0.1) is 5.82 Å². The van der Waals surface area contributed by atoms with Crippen molar-refractivity contribution >= 4 is 33.8 Å². The normalized spacial score (nSPS) is 10.8. The highest BCUT2D eigenvalue weighted by Crippen LogP contribution is 2.28. The zero-order chi connectivity index (χ0) is 15.0. The van der Waals surface area contributed by atoms with Crippen molar-refractivity contribution in [3.8, 4) is 0 Å². The lowest BCUT2D eigenvalue weighted by atomic mass is 9.97. The van der Waals surface area contributed by atoms with E-state index < -0.39 is 5.82 Å². The first-order valence-corrected chi connectivity index (χ1v) is 6.72. The van der Waals surface area contributed by atoms with Crippen LogP contribution in [0.15, 0.2) is 54.6 Å². The number of rotatable bonds is 2. The maximum atomic E-state index is 13.9. The average Bonchev–Trinajstić information content (AvgIpc) is 2.47. The molecule has 3 aromatic rings. The van der Waals surface area contributed by atoms with E-state index >= 15 is 0 Å². The number of nitrogens with two attached hydrogens (primary N) is 1. The molecular weight excluding hydrogens is 289 g/mol. The maximum Gasteiger partial charge on any atom is 0.196 e. The zero-order valence-electron chi connectivity index (χ0n) is 10.9. The van der Waals surface area contributed by atoms with Gasteiger partial charge in [-0.3, -0.25) is 4.79 Å². The maximum absolute atomic E-state index is 13.9.